The zero-order valence-electron chi connectivity index (χ0n) is 11.6. The van der Waals surface area contributed by atoms with Crippen molar-refractivity contribution >= 4 is 20.7 Å². The second-order valence-corrected chi connectivity index (χ2v) is 9.83. The number of benzene rings is 1. The van der Waals surface area contributed by atoms with Gasteiger partial charge in [0, 0.05) is 17.3 Å². The standard InChI is InChI=1S/C13H15F3O3S2/c1-8-6-10(7-9(2)12(8)17)20-5-3-4-11(20)21(18,19)13(14,15)16/h6-7,11H,3-5H2,1-2H3/p+1. The van der Waals surface area contributed by atoms with E-state index in [-0.39, 0.29) is 12.2 Å². The van der Waals surface area contributed by atoms with Crippen LogP contribution in [0, 0.1) is 13.8 Å². The second kappa shape index (κ2) is 5.39. The lowest BCUT2D eigenvalue weighted by molar-refractivity contribution is -0.0438. The summed E-state index contributed by atoms with van der Waals surface area (Å²) < 4.78 is 60.3. The minimum atomic E-state index is -5.21. The Morgan fingerprint density at radius 3 is 2.24 bits per heavy atom. The molecule has 1 N–H and O–H groups in total. The maximum atomic E-state index is 12.8. The van der Waals surface area contributed by atoms with Crippen LogP contribution >= 0.6 is 0 Å². The van der Waals surface area contributed by atoms with E-state index in [0.717, 1.165) is 0 Å². The summed E-state index contributed by atoms with van der Waals surface area (Å²) >= 11 is 0. The number of aromatic hydroxyl groups is 1. The molecular weight excluding hydrogens is 325 g/mol. The monoisotopic (exact) mass is 341 g/mol. The molecule has 1 heterocycles. The van der Waals surface area contributed by atoms with Gasteiger partial charge >= 0.3 is 5.51 Å². The summed E-state index contributed by atoms with van der Waals surface area (Å²) in [5, 5.41) is 9.73. The largest absolute Gasteiger partial charge is 0.507 e. The van der Waals surface area contributed by atoms with E-state index in [2.05, 4.69) is 0 Å². The van der Waals surface area contributed by atoms with Gasteiger partial charge in [-0.2, -0.15) is 13.2 Å². The molecule has 0 spiro atoms. The summed E-state index contributed by atoms with van der Waals surface area (Å²) in [6.45, 7) is 3.30. The van der Waals surface area contributed by atoms with Crippen molar-refractivity contribution in [2.45, 2.75) is 41.7 Å². The molecule has 1 fully saturated rings. The molecule has 0 bridgehead atoms. The highest BCUT2D eigenvalue weighted by atomic mass is 32.3. The number of alkyl halides is 3. The molecule has 1 aromatic rings. The second-order valence-electron chi connectivity index (χ2n) is 5.10. The number of aryl methyl sites for hydroxylation is 2. The Morgan fingerprint density at radius 2 is 1.76 bits per heavy atom. The third-order valence-electron chi connectivity index (χ3n) is 3.56. The Kier molecular flexibility index (Phi) is 4.23. The van der Waals surface area contributed by atoms with Gasteiger partial charge in [0.2, 0.25) is 4.58 Å². The summed E-state index contributed by atoms with van der Waals surface area (Å²) in [5.41, 5.74) is -4.12. The molecule has 0 radical (unpaired) electrons. The number of phenolic OH excluding ortho intramolecular Hbond substituents is 1. The van der Waals surface area contributed by atoms with E-state index in [0.29, 0.717) is 28.2 Å². The first-order valence-corrected chi connectivity index (χ1v) is 9.36. The maximum Gasteiger partial charge on any atom is 0.502 e. The van der Waals surface area contributed by atoms with E-state index in [9.17, 15) is 26.7 Å². The molecule has 1 saturated heterocycles. The number of hydrogen-bond donors (Lipinski definition) is 1. The van der Waals surface area contributed by atoms with E-state index in [1.807, 2.05) is 0 Å². The molecule has 0 aliphatic carbocycles. The van der Waals surface area contributed by atoms with Gasteiger partial charge in [0.05, 0.1) is 0 Å². The molecule has 118 valence electrons. The van der Waals surface area contributed by atoms with Crippen LogP contribution in [0.4, 0.5) is 13.2 Å². The molecule has 0 amide bonds. The molecular formula is C13H16F3O3S2+. The van der Waals surface area contributed by atoms with Crippen molar-refractivity contribution in [2.75, 3.05) is 5.75 Å². The summed E-state index contributed by atoms with van der Waals surface area (Å²) in [7, 11) is -6.15. The third-order valence-corrected chi connectivity index (χ3v) is 9.03. The average molecular weight is 341 g/mol. The summed E-state index contributed by atoms with van der Waals surface area (Å²) in [6, 6.07) is 3.19. The van der Waals surface area contributed by atoms with E-state index in [4.69, 9.17) is 0 Å². The van der Waals surface area contributed by atoms with E-state index in [1.54, 1.807) is 26.0 Å². The predicted molar refractivity (Wildman–Crippen MR) is 76.1 cm³/mol. The van der Waals surface area contributed by atoms with Gasteiger partial charge in [0.15, 0.2) is 4.90 Å². The van der Waals surface area contributed by atoms with Crippen molar-refractivity contribution in [3.63, 3.8) is 0 Å². The summed E-state index contributed by atoms with van der Waals surface area (Å²) in [4.78, 5) is 0.582. The van der Waals surface area contributed by atoms with Crippen LogP contribution in [0.1, 0.15) is 24.0 Å². The zero-order chi connectivity index (χ0) is 16.0. The highest BCUT2D eigenvalue weighted by Crippen LogP contribution is 2.40. The van der Waals surface area contributed by atoms with Crippen molar-refractivity contribution in [3.8, 4) is 5.75 Å². The fourth-order valence-electron chi connectivity index (χ4n) is 2.47. The Morgan fingerprint density at radius 1 is 1.24 bits per heavy atom. The van der Waals surface area contributed by atoms with E-state index in [1.165, 1.54) is 0 Å². The van der Waals surface area contributed by atoms with Gasteiger partial charge in [-0.3, -0.25) is 0 Å². The predicted octanol–water partition coefficient (Wildman–Crippen LogP) is 3.04. The van der Waals surface area contributed by atoms with Crippen LogP contribution in [-0.4, -0.2) is 29.4 Å². The zero-order valence-corrected chi connectivity index (χ0v) is 13.2. The summed E-state index contributed by atoms with van der Waals surface area (Å²) in [6.07, 6.45) is 0.492. The Labute approximate surface area is 124 Å². The van der Waals surface area contributed by atoms with Gasteiger partial charge in [-0.1, -0.05) is 0 Å². The molecule has 2 unspecified atom stereocenters. The Balaban J connectivity index is 2.45. The normalized spacial score (nSPS) is 23.5. The van der Waals surface area contributed by atoms with Crippen LogP contribution in [-0.2, 0) is 20.7 Å². The first-order valence-electron chi connectivity index (χ1n) is 6.36. The lowest BCUT2D eigenvalue weighted by Gasteiger charge is -2.15. The van der Waals surface area contributed by atoms with Crippen LogP contribution in [0.15, 0.2) is 17.0 Å². The Bertz CT molecular complexity index is 630. The Hall–Kier alpha value is -0.890. The van der Waals surface area contributed by atoms with E-state index < -0.39 is 30.8 Å². The van der Waals surface area contributed by atoms with Crippen LogP contribution in [0.2, 0.25) is 0 Å². The average Bonchev–Trinajstić information content (AvgIpc) is 2.83. The third kappa shape index (κ3) is 2.88. The molecule has 1 aliphatic heterocycles. The number of rotatable bonds is 2. The number of sulfone groups is 1. The maximum absolute atomic E-state index is 12.8. The highest BCUT2D eigenvalue weighted by molar-refractivity contribution is 8.12. The van der Waals surface area contributed by atoms with Crippen LogP contribution < -0.4 is 0 Å². The molecule has 2 rings (SSSR count). The molecule has 8 heteroatoms. The van der Waals surface area contributed by atoms with Gasteiger partial charge in [0.1, 0.15) is 11.5 Å². The van der Waals surface area contributed by atoms with Crippen molar-refractivity contribution in [1.29, 1.82) is 0 Å². The van der Waals surface area contributed by atoms with Crippen LogP contribution in [0.25, 0.3) is 0 Å². The first-order chi connectivity index (χ1) is 9.55. The quantitative estimate of drug-likeness (QED) is 0.841. The van der Waals surface area contributed by atoms with Crippen molar-refractivity contribution in [1.82, 2.24) is 0 Å². The van der Waals surface area contributed by atoms with Gasteiger partial charge in [-0.15, -0.1) is 0 Å². The minimum absolute atomic E-state index is 0.0317. The van der Waals surface area contributed by atoms with Gasteiger partial charge in [-0.05, 0) is 43.5 Å². The molecule has 0 aromatic heterocycles. The fourth-order valence-corrected chi connectivity index (χ4v) is 7.81. The lowest BCUT2D eigenvalue weighted by Crippen LogP contribution is -2.37. The highest BCUT2D eigenvalue weighted by Gasteiger charge is 2.59. The fraction of sp³-hybridized carbons (Fsp3) is 0.538. The number of halogens is 3. The van der Waals surface area contributed by atoms with Gasteiger partial charge in [0.25, 0.3) is 9.84 Å². The summed E-state index contributed by atoms with van der Waals surface area (Å²) in [5.74, 6) is 0.528. The number of phenols is 1. The van der Waals surface area contributed by atoms with Crippen LogP contribution in [0.3, 0.4) is 0 Å². The molecule has 3 nitrogen and oxygen atoms in total. The number of hydrogen-bond acceptors (Lipinski definition) is 3. The van der Waals surface area contributed by atoms with Gasteiger partial charge < -0.3 is 5.11 Å². The lowest BCUT2D eigenvalue weighted by atomic mass is 10.1. The van der Waals surface area contributed by atoms with Crippen LogP contribution in [0.5, 0.6) is 5.75 Å². The first kappa shape index (κ1) is 16.5. The molecule has 2 atom stereocenters. The van der Waals surface area contributed by atoms with Gasteiger partial charge in [-0.25, -0.2) is 8.42 Å². The molecule has 1 aromatic carbocycles. The smallest absolute Gasteiger partial charge is 0.502 e. The minimum Gasteiger partial charge on any atom is -0.507 e. The molecule has 0 saturated carbocycles. The molecule has 21 heavy (non-hydrogen) atoms. The van der Waals surface area contributed by atoms with Crippen molar-refractivity contribution in [2.24, 2.45) is 0 Å². The van der Waals surface area contributed by atoms with E-state index >= 15 is 0 Å². The van der Waals surface area contributed by atoms with Crippen molar-refractivity contribution in [3.05, 3.63) is 23.3 Å². The SMILES string of the molecule is Cc1cc([S+]2CCCC2S(=O)(=O)C(F)(F)F)cc(C)c1O. The topological polar surface area (TPSA) is 54.4 Å². The van der Waals surface area contributed by atoms with Crippen molar-refractivity contribution < 1.29 is 26.7 Å². The molecule has 1 aliphatic rings.